The number of fused-ring (bicyclic) bond motifs is 1. The number of benzene rings is 2. The predicted molar refractivity (Wildman–Crippen MR) is 127 cm³/mol. The Morgan fingerprint density at radius 1 is 1.06 bits per heavy atom. The standard InChI is InChI=1S/C26H31F2NO5S/c27-26(28)20-4-7-24-19(13-20)3-6-23(18-1-2-18)29(24)35(31,32)22-5-8-25(21(14-22)15-30)34-16-17-9-11-33-12-10-17/h4-5,7-8,13-14,17-18,23,26,30H,1-3,6,9-12,15-16H2. The number of rotatable bonds is 8. The van der Waals surface area contributed by atoms with Crippen LogP contribution >= 0.6 is 0 Å². The second kappa shape index (κ2) is 10.0. The summed E-state index contributed by atoms with van der Waals surface area (Å²) in [6.45, 7) is 1.54. The fourth-order valence-corrected chi connectivity index (χ4v) is 7.02. The molecule has 35 heavy (non-hydrogen) atoms. The number of hydrogen-bond acceptors (Lipinski definition) is 5. The predicted octanol–water partition coefficient (Wildman–Crippen LogP) is 4.84. The van der Waals surface area contributed by atoms with Gasteiger partial charge >= 0.3 is 0 Å². The zero-order chi connectivity index (χ0) is 24.6. The van der Waals surface area contributed by atoms with Crippen molar-refractivity contribution in [1.29, 1.82) is 0 Å². The third-order valence-corrected chi connectivity index (χ3v) is 9.18. The number of nitrogens with zero attached hydrogens (tertiary/aromatic N) is 1. The van der Waals surface area contributed by atoms with Crippen LogP contribution in [-0.2, 0) is 27.8 Å². The molecule has 1 atom stereocenters. The van der Waals surface area contributed by atoms with Crippen LogP contribution < -0.4 is 9.04 Å². The van der Waals surface area contributed by atoms with E-state index in [1.54, 1.807) is 6.07 Å². The molecule has 0 radical (unpaired) electrons. The summed E-state index contributed by atoms with van der Waals surface area (Å²) >= 11 is 0. The summed E-state index contributed by atoms with van der Waals surface area (Å²) in [4.78, 5) is 0.0661. The Hall–Kier alpha value is -2.23. The second-order valence-corrected chi connectivity index (χ2v) is 11.5. The summed E-state index contributed by atoms with van der Waals surface area (Å²) < 4.78 is 67.2. The van der Waals surface area contributed by atoms with Gasteiger partial charge in [-0.2, -0.15) is 0 Å². The molecule has 190 valence electrons. The van der Waals surface area contributed by atoms with E-state index in [2.05, 4.69) is 0 Å². The Balaban J connectivity index is 1.45. The summed E-state index contributed by atoms with van der Waals surface area (Å²) in [5.74, 6) is 1.10. The van der Waals surface area contributed by atoms with E-state index >= 15 is 0 Å². The molecule has 6 nitrogen and oxygen atoms in total. The maximum atomic E-state index is 13.9. The van der Waals surface area contributed by atoms with Gasteiger partial charge in [-0.3, -0.25) is 4.31 Å². The van der Waals surface area contributed by atoms with Crippen molar-refractivity contribution in [3.05, 3.63) is 53.1 Å². The van der Waals surface area contributed by atoms with Crippen molar-refractivity contribution in [2.45, 2.75) is 62.5 Å². The molecule has 1 saturated heterocycles. The number of aryl methyl sites for hydroxylation is 1. The second-order valence-electron chi connectivity index (χ2n) is 9.73. The summed E-state index contributed by atoms with van der Waals surface area (Å²) in [6.07, 6.45) is 2.31. The minimum atomic E-state index is -3.98. The zero-order valence-electron chi connectivity index (χ0n) is 19.5. The SMILES string of the molecule is O=S(=O)(c1ccc(OCC2CCOCC2)c(CO)c1)N1c2ccc(C(F)F)cc2CCC1C1CC1. The van der Waals surface area contributed by atoms with Gasteiger partial charge < -0.3 is 14.6 Å². The fraction of sp³-hybridized carbons (Fsp3) is 0.538. The number of ether oxygens (including phenoxy) is 2. The lowest BCUT2D eigenvalue weighted by molar-refractivity contribution is 0.0494. The third kappa shape index (κ3) is 5.04. The molecule has 0 spiro atoms. The zero-order valence-corrected chi connectivity index (χ0v) is 20.4. The molecular formula is C26H31F2NO5S. The number of anilines is 1. The number of halogens is 2. The molecule has 0 amide bonds. The quantitative estimate of drug-likeness (QED) is 0.553. The molecule has 5 rings (SSSR count). The molecule has 1 saturated carbocycles. The summed E-state index contributed by atoms with van der Waals surface area (Å²) in [5.41, 5.74) is 1.41. The Morgan fingerprint density at radius 2 is 1.83 bits per heavy atom. The Kier molecular flexibility index (Phi) is 7.01. The Bertz CT molecular complexity index is 1160. The van der Waals surface area contributed by atoms with Gasteiger partial charge in [0.15, 0.2) is 0 Å². The molecule has 2 heterocycles. The molecule has 1 N–H and O–H groups in total. The van der Waals surface area contributed by atoms with Gasteiger partial charge in [-0.15, -0.1) is 0 Å². The van der Waals surface area contributed by atoms with Crippen LogP contribution in [0, 0.1) is 11.8 Å². The van der Waals surface area contributed by atoms with Crippen molar-refractivity contribution in [2.75, 3.05) is 24.1 Å². The van der Waals surface area contributed by atoms with Gasteiger partial charge in [0, 0.05) is 30.4 Å². The van der Waals surface area contributed by atoms with Gasteiger partial charge in [-0.25, -0.2) is 17.2 Å². The van der Waals surface area contributed by atoms with E-state index in [0.717, 1.165) is 25.7 Å². The number of sulfonamides is 1. The third-order valence-electron chi connectivity index (χ3n) is 7.34. The number of aliphatic hydroxyl groups is 1. The molecule has 2 fully saturated rings. The maximum Gasteiger partial charge on any atom is 0.264 e. The smallest absolute Gasteiger partial charge is 0.264 e. The van der Waals surface area contributed by atoms with Crippen LogP contribution in [0.25, 0.3) is 0 Å². The normalized spacial score (nSPS) is 21.3. The molecule has 3 aliphatic rings. The van der Waals surface area contributed by atoms with Gasteiger partial charge in [0.1, 0.15) is 5.75 Å². The van der Waals surface area contributed by atoms with E-state index in [9.17, 15) is 22.3 Å². The maximum absolute atomic E-state index is 13.9. The van der Waals surface area contributed by atoms with Gasteiger partial charge in [-0.1, -0.05) is 6.07 Å². The number of alkyl halides is 2. The molecule has 2 aliphatic heterocycles. The lowest BCUT2D eigenvalue weighted by Crippen LogP contribution is -2.45. The molecule has 1 unspecified atom stereocenters. The van der Waals surface area contributed by atoms with E-state index in [1.807, 2.05) is 0 Å². The van der Waals surface area contributed by atoms with Crippen molar-refractivity contribution in [3.63, 3.8) is 0 Å². The average Bonchev–Trinajstić information content (AvgIpc) is 3.72. The largest absolute Gasteiger partial charge is 0.493 e. The van der Waals surface area contributed by atoms with Crippen molar-refractivity contribution in [1.82, 2.24) is 0 Å². The van der Waals surface area contributed by atoms with E-state index in [0.29, 0.717) is 61.1 Å². The van der Waals surface area contributed by atoms with Crippen LogP contribution in [0.4, 0.5) is 14.5 Å². The van der Waals surface area contributed by atoms with Crippen LogP contribution in [0.3, 0.4) is 0 Å². The highest BCUT2D eigenvalue weighted by molar-refractivity contribution is 7.92. The van der Waals surface area contributed by atoms with Gasteiger partial charge in [0.05, 0.1) is 23.8 Å². The highest BCUT2D eigenvalue weighted by Gasteiger charge is 2.44. The van der Waals surface area contributed by atoms with Crippen molar-refractivity contribution >= 4 is 15.7 Å². The van der Waals surface area contributed by atoms with Gasteiger partial charge in [0.2, 0.25) is 0 Å². The van der Waals surface area contributed by atoms with Crippen LogP contribution in [0.2, 0.25) is 0 Å². The van der Waals surface area contributed by atoms with Gasteiger partial charge in [0.25, 0.3) is 16.4 Å². The van der Waals surface area contributed by atoms with E-state index in [1.165, 1.54) is 34.6 Å². The van der Waals surface area contributed by atoms with E-state index in [4.69, 9.17) is 9.47 Å². The van der Waals surface area contributed by atoms with Crippen molar-refractivity contribution in [2.24, 2.45) is 11.8 Å². The first-order chi connectivity index (χ1) is 16.9. The summed E-state index contributed by atoms with van der Waals surface area (Å²) in [6, 6.07) is 8.65. The summed E-state index contributed by atoms with van der Waals surface area (Å²) in [7, 11) is -3.98. The van der Waals surface area contributed by atoms with E-state index < -0.39 is 16.4 Å². The van der Waals surface area contributed by atoms with Gasteiger partial charge in [-0.05, 0) is 86.3 Å². The average molecular weight is 508 g/mol. The first kappa shape index (κ1) is 24.5. The van der Waals surface area contributed by atoms with E-state index in [-0.39, 0.29) is 29.0 Å². The van der Waals surface area contributed by atoms with Crippen LogP contribution in [0.15, 0.2) is 41.3 Å². The molecule has 2 aromatic carbocycles. The highest BCUT2D eigenvalue weighted by Crippen LogP contribution is 2.46. The highest BCUT2D eigenvalue weighted by atomic mass is 32.2. The monoisotopic (exact) mass is 507 g/mol. The first-order valence-electron chi connectivity index (χ1n) is 12.3. The van der Waals surface area contributed by atoms with Crippen LogP contribution in [0.5, 0.6) is 5.75 Å². The lowest BCUT2D eigenvalue weighted by atomic mass is 9.94. The molecule has 0 aromatic heterocycles. The number of aliphatic hydroxyl groups excluding tert-OH is 1. The van der Waals surface area contributed by atoms with Crippen molar-refractivity contribution in [3.8, 4) is 5.75 Å². The Labute approximate surface area is 204 Å². The molecular weight excluding hydrogens is 476 g/mol. The molecule has 2 aromatic rings. The van der Waals surface area contributed by atoms with Crippen LogP contribution in [0.1, 0.15) is 55.2 Å². The number of hydrogen-bond donors (Lipinski definition) is 1. The minimum Gasteiger partial charge on any atom is -0.493 e. The van der Waals surface area contributed by atoms with Crippen molar-refractivity contribution < 1.29 is 31.8 Å². The molecule has 9 heteroatoms. The molecule has 0 bridgehead atoms. The van der Waals surface area contributed by atoms with Crippen LogP contribution in [-0.4, -0.2) is 39.4 Å². The fourth-order valence-electron chi connectivity index (χ4n) is 5.19. The molecule has 1 aliphatic carbocycles. The first-order valence-corrected chi connectivity index (χ1v) is 13.7. The minimum absolute atomic E-state index is 0.0661. The summed E-state index contributed by atoms with van der Waals surface area (Å²) in [5, 5.41) is 9.97. The lowest BCUT2D eigenvalue weighted by Gasteiger charge is -2.38. The Morgan fingerprint density at radius 3 is 2.51 bits per heavy atom. The topological polar surface area (TPSA) is 76.1 Å².